The molecule has 1 amide bonds. The Balaban J connectivity index is 2.26. The number of amides is 1. The number of hydrogen-bond donors (Lipinski definition) is 2. The minimum Gasteiger partial charge on any atom is -0.336 e. The standard InChI is InChI=1S/C13H19N5O3/c1-2-16-6-8-17(9-7-16)13(19)10-4-3-5-11(15-14)12(10)18(20)21/h3-5,15H,2,6-9,14H2,1H3. The number of carbonyl (C=O) groups is 1. The molecule has 0 spiro atoms. The number of benzene rings is 1. The lowest BCUT2D eigenvalue weighted by molar-refractivity contribution is -0.384. The zero-order valence-electron chi connectivity index (χ0n) is 11.9. The van der Waals surface area contributed by atoms with Gasteiger partial charge in [0.15, 0.2) is 0 Å². The summed E-state index contributed by atoms with van der Waals surface area (Å²) in [6.07, 6.45) is 0. The van der Waals surface area contributed by atoms with Crippen LogP contribution in [-0.4, -0.2) is 53.4 Å². The first-order valence-corrected chi connectivity index (χ1v) is 6.84. The quantitative estimate of drug-likeness (QED) is 0.480. The number of piperazine rings is 1. The van der Waals surface area contributed by atoms with E-state index in [1.807, 2.05) is 0 Å². The lowest BCUT2D eigenvalue weighted by Crippen LogP contribution is -2.48. The predicted octanol–water partition coefficient (Wildman–Crippen LogP) is 0.658. The molecule has 3 N–H and O–H groups in total. The second-order valence-corrected chi connectivity index (χ2v) is 4.83. The van der Waals surface area contributed by atoms with Gasteiger partial charge in [-0.05, 0) is 18.7 Å². The van der Waals surface area contributed by atoms with E-state index < -0.39 is 4.92 Å². The first-order chi connectivity index (χ1) is 10.1. The lowest BCUT2D eigenvalue weighted by Gasteiger charge is -2.34. The van der Waals surface area contributed by atoms with Gasteiger partial charge in [0.2, 0.25) is 0 Å². The van der Waals surface area contributed by atoms with E-state index in [0.717, 1.165) is 19.6 Å². The first-order valence-electron chi connectivity index (χ1n) is 6.84. The van der Waals surface area contributed by atoms with Crippen LogP contribution in [0.1, 0.15) is 17.3 Å². The van der Waals surface area contributed by atoms with Gasteiger partial charge in [0.1, 0.15) is 11.3 Å². The lowest BCUT2D eigenvalue weighted by atomic mass is 10.1. The Morgan fingerprint density at radius 1 is 1.38 bits per heavy atom. The summed E-state index contributed by atoms with van der Waals surface area (Å²) >= 11 is 0. The zero-order chi connectivity index (χ0) is 15.4. The monoisotopic (exact) mass is 293 g/mol. The summed E-state index contributed by atoms with van der Waals surface area (Å²) in [5, 5.41) is 11.2. The summed E-state index contributed by atoms with van der Waals surface area (Å²) in [6.45, 7) is 5.72. The van der Waals surface area contributed by atoms with Crippen LogP contribution in [0.3, 0.4) is 0 Å². The number of hydrazine groups is 1. The maximum absolute atomic E-state index is 12.5. The molecule has 2 rings (SSSR count). The molecular formula is C13H19N5O3. The van der Waals surface area contributed by atoms with Crippen molar-refractivity contribution in [1.29, 1.82) is 0 Å². The molecule has 1 saturated heterocycles. The van der Waals surface area contributed by atoms with Crippen LogP contribution in [0.2, 0.25) is 0 Å². The largest absolute Gasteiger partial charge is 0.336 e. The number of rotatable bonds is 4. The Labute approximate surface area is 122 Å². The number of carbonyl (C=O) groups excluding carboxylic acids is 1. The van der Waals surface area contributed by atoms with Gasteiger partial charge in [-0.1, -0.05) is 13.0 Å². The fraction of sp³-hybridized carbons (Fsp3) is 0.462. The Morgan fingerprint density at radius 2 is 2.05 bits per heavy atom. The van der Waals surface area contributed by atoms with Gasteiger partial charge >= 0.3 is 5.69 Å². The Bertz CT molecular complexity index is 541. The number of nitrogens with zero attached hydrogens (tertiary/aromatic N) is 3. The zero-order valence-corrected chi connectivity index (χ0v) is 11.9. The van der Waals surface area contributed by atoms with Crippen molar-refractivity contribution >= 4 is 17.3 Å². The molecule has 0 aliphatic carbocycles. The highest BCUT2D eigenvalue weighted by molar-refractivity contribution is 6.00. The summed E-state index contributed by atoms with van der Waals surface area (Å²) in [7, 11) is 0. The van der Waals surface area contributed by atoms with Crippen LogP contribution in [-0.2, 0) is 0 Å². The van der Waals surface area contributed by atoms with E-state index in [1.165, 1.54) is 12.1 Å². The van der Waals surface area contributed by atoms with Gasteiger partial charge in [-0.25, -0.2) is 0 Å². The number of nitrogens with one attached hydrogen (secondary N) is 1. The van der Waals surface area contributed by atoms with E-state index >= 15 is 0 Å². The highest BCUT2D eigenvalue weighted by Crippen LogP contribution is 2.29. The summed E-state index contributed by atoms with van der Waals surface area (Å²) in [6, 6.07) is 4.52. The molecule has 1 fully saturated rings. The molecule has 0 bridgehead atoms. The minimum atomic E-state index is -0.579. The number of hydrogen-bond acceptors (Lipinski definition) is 6. The van der Waals surface area contributed by atoms with Crippen LogP contribution in [0.15, 0.2) is 18.2 Å². The molecule has 8 heteroatoms. The average molecular weight is 293 g/mol. The number of likely N-dealkylation sites (N-methyl/N-ethyl adjacent to an activating group) is 1. The van der Waals surface area contributed by atoms with Crippen molar-refractivity contribution in [3.05, 3.63) is 33.9 Å². The fourth-order valence-corrected chi connectivity index (χ4v) is 2.47. The molecule has 1 aliphatic rings. The molecule has 1 aliphatic heterocycles. The summed E-state index contributed by atoms with van der Waals surface area (Å²) in [5.41, 5.74) is 2.20. The maximum atomic E-state index is 12.5. The molecule has 0 unspecified atom stereocenters. The normalized spacial score (nSPS) is 15.8. The van der Waals surface area contributed by atoms with Crippen molar-refractivity contribution in [2.45, 2.75) is 6.92 Å². The first kappa shape index (κ1) is 15.2. The SMILES string of the molecule is CCN1CCN(C(=O)c2cccc(NN)c2[N+](=O)[O-])CC1. The van der Waals surface area contributed by atoms with Gasteiger partial charge in [-0.3, -0.25) is 20.8 Å². The summed E-state index contributed by atoms with van der Waals surface area (Å²) in [4.78, 5) is 27.0. The van der Waals surface area contributed by atoms with Crippen LogP contribution in [0, 0.1) is 10.1 Å². The summed E-state index contributed by atoms with van der Waals surface area (Å²) in [5.74, 6) is 4.96. The van der Waals surface area contributed by atoms with Crippen LogP contribution in [0.5, 0.6) is 0 Å². The highest BCUT2D eigenvalue weighted by Gasteiger charge is 2.29. The van der Waals surface area contributed by atoms with Crippen LogP contribution in [0.4, 0.5) is 11.4 Å². The minimum absolute atomic E-state index is 0.0698. The second kappa shape index (κ2) is 6.51. The topological polar surface area (TPSA) is 105 Å². The van der Waals surface area contributed by atoms with Gasteiger partial charge in [0.05, 0.1) is 4.92 Å². The molecule has 1 heterocycles. The van der Waals surface area contributed by atoms with Crippen molar-refractivity contribution in [3.8, 4) is 0 Å². The van der Waals surface area contributed by atoms with Crippen LogP contribution >= 0.6 is 0 Å². The second-order valence-electron chi connectivity index (χ2n) is 4.83. The number of anilines is 1. The van der Waals surface area contributed by atoms with Gasteiger partial charge < -0.3 is 15.2 Å². The van der Waals surface area contributed by atoms with Crippen molar-refractivity contribution in [1.82, 2.24) is 9.80 Å². The van der Waals surface area contributed by atoms with Crippen molar-refractivity contribution in [2.24, 2.45) is 5.84 Å². The molecule has 21 heavy (non-hydrogen) atoms. The van der Waals surface area contributed by atoms with E-state index in [-0.39, 0.29) is 22.8 Å². The smallest absolute Gasteiger partial charge is 0.306 e. The Morgan fingerprint density at radius 3 is 2.57 bits per heavy atom. The number of nitro groups is 1. The molecule has 1 aromatic carbocycles. The average Bonchev–Trinajstić information content (AvgIpc) is 2.53. The number of nitrogen functional groups attached to an aromatic ring is 1. The van der Waals surface area contributed by atoms with E-state index in [1.54, 1.807) is 11.0 Å². The number of para-hydroxylation sites is 1. The predicted molar refractivity (Wildman–Crippen MR) is 78.9 cm³/mol. The van der Waals surface area contributed by atoms with Gasteiger partial charge in [-0.2, -0.15) is 0 Å². The van der Waals surface area contributed by atoms with Gasteiger partial charge in [0, 0.05) is 26.2 Å². The molecule has 0 radical (unpaired) electrons. The molecular weight excluding hydrogens is 274 g/mol. The molecule has 0 atom stereocenters. The third-order valence-electron chi connectivity index (χ3n) is 3.71. The molecule has 114 valence electrons. The van der Waals surface area contributed by atoms with Crippen molar-refractivity contribution in [2.75, 3.05) is 38.1 Å². The van der Waals surface area contributed by atoms with Crippen LogP contribution in [0.25, 0.3) is 0 Å². The number of nitrogens with two attached hydrogens (primary N) is 1. The maximum Gasteiger partial charge on any atom is 0.306 e. The van der Waals surface area contributed by atoms with Gasteiger partial charge in [-0.15, -0.1) is 0 Å². The Hall–Kier alpha value is -2.19. The van der Waals surface area contributed by atoms with E-state index in [2.05, 4.69) is 17.2 Å². The van der Waals surface area contributed by atoms with Crippen LogP contribution < -0.4 is 11.3 Å². The van der Waals surface area contributed by atoms with E-state index in [0.29, 0.717) is 13.1 Å². The fourth-order valence-electron chi connectivity index (χ4n) is 2.47. The third kappa shape index (κ3) is 3.11. The van der Waals surface area contributed by atoms with E-state index in [9.17, 15) is 14.9 Å². The molecule has 8 nitrogen and oxygen atoms in total. The molecule has 1 aromatic rings. The van der Waals surface area contributed by atoms with Crippen molar-refractivity contribution < 1.29 is 9.72 Å². The third-order valence-corrected chi connectivity index (χ3v) is 3.71. The molecule has 0 saturated carbocycles. The van der Waals surface area contributed by atoms with Crippen molar-refractivity contribution in [3.63, 3.8) is 0 Å². The highest BCUT2D eigenvalue weighted by atomic mass is 16.6. The van der Waals surface area contributed by atoms with Gasteiger partial charge in [0.25, 0.3) is 5.91 Å². The summed E-state index contributed by atoms with van der Waals surface area (Å²) < 4.78 is 0. The molecule has 0 aromatic heterocycles. The number of nitro benzene ring substituents is 1. The van der Waals surface area contributed by atoms with E-state index in [4.69, 9.17) is 5.84 Å². The Kier molecular flexibility index (Phi) is 4.71.